The van der Waals surface area contributed by atoms with Crippen LogP contribution in [-0.2, 0) is 6.42 Å². The van der Waals surface area contributed by atoms with Crippen LogP contribution in [0.5, 0.6) is 0 Å². The Labute approximate surface area is 105 Å². The molecule has 0 fully saturated rings. The fourth-order valence-electron chi connectivity index (χ4n) is 1.95. The molecule has 0 spiro atoms. The van der Waals surface area contributed by atoms with E-state index in [0.717, 1.165) is 19.4 Å². The number of nitrogens with zero attached hydrogens (tertiary/aromatic N) is 1. The minimum absolute atomic E-state index is 0.0669. The number of aliphatic hydroxyl groups excluding tert-OH is 1. The Balaban J connectivity index is 2.54. The number of aryl methyl sites for hydroxylation is 1. The maximum Gasteiger partial charge on any atom is 0.0448 e. The van der Waals surface area contributed by atoms with E-state index in [9.17, 15) is 0 Å². The van der Waals surface area contributed by atoms with Gasteiger partial charge in [-0.25, -0.2) is 0 Å². The molecule has 17 heavy (non-hydrogen) atoms. The lowest BCUT2D eigenvalue weighted by Crippen LogP contribution is -2.42. The first-order valence-corrected chi connectivity index (χ1v) is 6.34. The SMILES string of the molecule is Cc1ccccc1CCN(C)C(C)(C)CCO. The van der Waals surface area contributed by atoms with Crippen molar-refractivity contribution in [3.63, 3.8) is 0 Å². The van der Waals surface area contributed by atoms with Gasteiger partial charge in [-0.1, -0.05) is 24.3 Å². The Kier molecular flexibility index (Phi) is 5.16. The molecule has 0 radical (unpaired) electrons. The van der Waals surface area contributed by atoms with Crippen LogP contribution in [0.4, 0.5) is 0 Å². The molecule has 0 saturated heterocycles. The van der Waals surface area contributed by atoms with Crippen LogP contribution in [-0.4, -0.2) is 35.7 Å². The number of likely N-dealkylation sites (N-methyl/N-ethyl adjacent to an activating group) is 1. The zero-order valence-electron chi connectivity index (χ0n) is 11.5. The lowest BCUT2D eigenvalue weighted by molar-refractivity contribution is 0.117. The monoisotopic (exact) mass is 235 g/mol. The van der Waals surface area contributed by atoms with Crippen LogP contribution in [0.25, 0.3) is 0 Å². The summed E-state index contributed by atoms with van der Waals surface area (Å²) in [6, 6.07) is 8.54. The third-order valence-electron chi connectivity index (χ3n) is 3.73. The van der Waals surface area contributed by atoms with Crippen LogP contribution in [0.3, 0.4) is 0 Å². The Bertz CT molecular complexity index is 347. The van der Waals surface area contributed by atoms with Gasteiger partial charge >= 0.3 is 0 Å². The molecule has 0 unspecified atom stereocenters. The summed E-state index contributed by atoms with van der Waals surface area (Å²) in [7, 11) is 2.13. The Morgan fingerprint density at radius 1 is 1.24 bits per heavy atom. The largest absolute Gasteiger partial charge is 0.396 e. The lowest BCUT2D eigenvalue weighted by Gasteiger charge is -2.35. The van der Waals surface area contributed by atoms with Gasteiger partial charge in [-0.15, -0.1) is 0 Å². The predicted molar refractivity (Wildman–Crippen MR) is 73.3 cm³/mol. The molecule has 0 atom stereocenters. The predicted octanol–water partition coefficient (Wildman–Crippen LogP) is 2.63. The number of hydrogen-bond donors (Lipinski definition) is 1. The second kappa shape index (κ2) is 6.18. The van der Waals surface area contributed by atoms with Gasteiger partial charge in [0.25, 0.3) is 0 Å². The van der Waals surface area contributed by atoms with Crippen LogP contribution in [0.1, 0.15) is 31.4 Å². The molecule has 1 aromatic carbocycles. The summed E-state index contributed by atoms with van der Waals surface area (Å²) in [4.78, 5) is 2.33. The number of hydrogen-bond acceptors (Lipinski definition) is 2. The highest BCUT2D eigenvalue weighted by Crippen LogP contribution is 2.17. The van der Waals surface area contributed by atoms with Crippen molar-refractivity contribution >= 4 is 0 Å². The van der Waals surface area contributed by atoms with E-state index < -0.39 is 0 Å². The Morgan fingerprint density at radius 3 is 2.47 bits per heavy atom. The van der Waals surface area contributed by atoms with E-state index in [1.54, 1.807) is 0 Å². The fraction of sp³-hybridized carbons (Fsp3) is 0.600. The van der Waals surface area contributed by atoms with Gasteiger partial charge in [-0.05, 0) is 51.8 Å². The molecule has 0 heterocycles. The molecule has 1 N–H and O–H groups in total. The second-order valence-electron chi connectivity index (χ2n) is 5.38. The van der Waals surface area contributed by atoms with Crippen LogP contribution in [0.15, 0.2) is 24.3 Å². The van der Waals surface area contributed by atoms with Gasteiger partial charge in [0.15, 0.2) is 0 Å². The molecule has 0 bridgehead atoms. The molecule has 1 rings (SSSR count). The topological polar surface area (TPSA) is 23.5 Å². The minimum atomic E-state index is 0.0669. The first kappa shape index (κ1) is 14.2. The maximum absolute atomic E-state index is 9.05. The first-order chi connectivity index (χ1) is 7.97. The van der Waals surface area contributed by atoms with Gasteiger partial charge in [-0.3, -0.25) is 0 Å². The van der Waals surface area contributed by atoms with Crippen molar-refractivity contribution in [2.45, 2.75) is 39.2 Å². The van der Waals surface area contributed by atoms with Crippen molar-refractivity contribution in [3.8, 4) is 0 Å². The average molecular weight is 235 g/mol. The highest BCUT2D eigenvalue weighted by atomic mass is 16.3. The summed E-state index contributed by atoms with van der Waals surface area (Å²) in [6.07, 6.45) is 1.88. The van der Waals surface area contributed by atoms with Gasteiger partial charge < -0.3 is 10.0 Å². The van der Waals surface area contributed by atoms with E-state index >= 15 is 0 Å². The number of benzene rings is 1. The standard InChI is InChI=1S/C15H25NO/c1-13-7-5-6-8-14(13)9-11-16(4)15(2,3)10-12-17/h5-8,17H,9-12H2,1-4H3. The number of aliphatic hydroxyl groups is 1. The van der Waals surface area contributed by atoms with Crippen LogP contribution in [0, 0.1) is 6.92 Å². The fourth-order valence-corrected chi connectivity index (χ4v) is 1.95. The van der Waals surface area contributed by atoms with Crippen LogP contribution < -0.4 is 0 Å². The van der Waals surface area contributed by atoms with Crippen molar-refractivity contribution < 1.29 is 5.11 Å². The maximum atomic E-state index is 9.05. The third kappa shape index (κ3) is 4.14. The molecular weight excluding hydrogens is 210 g/mol. The van der Waals surface area contributed by atoms with Gasteiger partial charge in [0.05, 0.1) is 0 Å². The Hall–Kier alpha value is -0.860. The smallest absolute Gasteiger partial charge is 0.0448 e. The van der Waals surface area contributed by atoms with Crippen LogP contribution in [0.2, 0.25) is 0 Å². The molecule has 0 aliphatic heterocycles. The summed E-state index contributed by atoms with van der Waals surface area (Å²) in [5.41, 5.74) is 2.84. The van der Waals surface area contributed by atoms with E-state index in [2.05, 4.69) is 57.0 Å². The van der Waals surface area contributed by atoms with Crippen molar-refractivity contribution in [1.82, 2.24) is 4.90 Å². The summed E-state index contributed by atoms with van der Waals surface area (Å²) in [6.45, 7) is 7.80. The zero-order valence-corrected chi connectivity index (χ0v) is 11.5. The van der Waals surface area contributed by atoms with Crippen molar-refractivity contribution in [3.05, 3.63) is 35.4 Å². The van der Waals surface area contributed by atoms with Gasteiger partial charge in [-0.2, -0.15) is 0 Å². The van der Waals surface area contributed by atoms with Crippen molar-refractivity contribution in [2.75, 3.05) is 20.2 Å². The summed E-state index contributed by atoms with van der Waals surface area (Å²) >= 11 is 0. The molecule has 0 aliphatic carbocycles. The molecule has 1 aromatic rings. The zero-order chi connectivity index (χ0) is 12.9. The molecule has 2 nitrogen and oxygen atoms in total. The van der Waals surface area contributed by atoms with E-state index in [4.69, 9.17) is 5.11 Å². The first-order valence-electron chi connectivity index (χ1n) is 6.34. The summed E-state index contributed by atoms with van der Waals surface area (Å²) in [5.74, 6) is 0. The molecule has 0 aliphatic rings. The summed E-state index contributed by atoms with van der Waals surface area (Å²) in [5, 5.41) is 9.05. The van der Waals surface area contributed by atoms with Gasteiger partial charge in [0.1, 0.15) is 0 Å². The third-order valence-corrected chi connectivity index (χ3v) is 3.73. The van der Waals surface area contributed by atoms with Crippen LogP contribution >= 0.6 is 0 Å². The normalized spacial score (nSPS) is 12.1. The van der Waals surface area contributed by atoms with Gasteiger partial charge in [0, 0.05) is 18.7 Å². The van der Waals surface area contributed by atoms with Gasteiger partial charge in [0.2, 0.25) is 0 Å². The quantitative estimate of drug-likeness (QED) is 0.819. The molecule has 2 heteroatoms. The average Bonchev–Trinajstić information content (AvgIpc) is 2.27. The molecule has 0 aromatic heterocycles. The number of rotatable bonds is 6. The molecule has 96 valence electrons. The second-order valence-corrected chi connectivity index (χ2v) is 5.38. The van der Waals surface area contributed by atoms with Crippen molar-refractivity contribution in [2.24, 2.45) is 0 Å². The highest BCUT2D eigenvalue weighted by molar-refractivity contribution is 5.25. The van der Waals surface area contributed by atoms with E-state index in [1.165, 1.54) is 11.1 Å². The molecule has 0 amide bonds. The lowest BCUT2D eigenvalue weighted by atomic mass is 9.98. The molecule has 0 saturated carbocycles. The van der Waals surface area contributed by atoms with E-state index in [0.29, 0.717) is 0 Å². The Morgan fingerprint density at radius 2 is 1.88 bits per heavy atom. The minimum Gasteiger partial charge on any atom is -0.396 e. The van der Waals surface area contributed by atoms with E-state index in [-0.39, 0.29) is 12.1 Å². The highest BCUT2D eigenvalue weighted by Gasteiger charge is 2.22. The summed E-state index contributed by atoms with van der Waals surface area (Å²) < 4.78 is 0. The van der Waals surface area contributed by atoms with Crippen molar-refractivity contribution in [1.29, 1.82) is 0 Å². The molecular formula is C15H25NO. The van der Waals surface area contributed by atoms with E-state index in [1.807, 2.05) is 0 Å².